The number of nitriles is 1. The molecule has 3 rings (SSSR count). The van der Waals surface area contributed by atoms with E-state index in [1.807, 2.05) is 0 Å². The first kappa shape index (κ1) is 9.88. The van der Waals surface area contributed by atoms with Gasteiger partial charge in [-0.05, 0) is 25.3 Å². The van der Waals surface area contributed by atoms with Crippen LogP contribution in [0.4, 0.5) is 0 Å². The summed E-state index contributed by atoms with van der Waals surface area (Å²) < 4.78 is 10.6. The van der Waals surface area contributed by atoms with Crippen LogP contribution in [0, 0.1) is 16.7 Å². The van der Waals surface area contributed by atoms with Crippen molar-refractivity contribution in [2.24, 2.45) is 5.41 Å². The van der Waals surface area contributed by atoms with E-state index in [1.165, 1.54) is 12.5 Å². The summed E-state index contributed by atoms with van der Waals surface area (Å²) in [6.45, 7) is 0. The van der Waals surface area contributed by atoms with Crippen molar-refractivity contribution < 1.29 is 14.3 Å². The van der Waals surface area contributed by atoms with Gasteiger partial charge in [-0.15, -0.1) is 0 Å². The van der Waals surface area contributed by atoms with Crippen LogP contribution in [0.3, 0.4) is 0 Å². The standard InChI is InChI=1S/C12H13NO3/c13-7-12(5-9-1-2-10(12)16-9)11(14)8-3-4-15-6-8/h3-4,6,9-11,14H,1-2,5H2. The molecule has 0 aliphatic carbocycles. The van der Waals surface area contributed by atoms with Gasteiger partial charge < -0.3 is 14.3 Å². The monoisotopic (exact) mass is 219 g/mol. The van der Waals surface area contributed by atoms with E-state index >= 15 is 0 Å². The fourth-order valence-corrected chi connectivity index (χ4v) is 2.94. The molecule has 4 heteroatoms. The van der Waals surface area contributed by atoms with Crippen molar-refractivity contribution in [1.82, 2.24) is 0 Å². The molecule has 2 bridgehead atoms. The molecule has 3 heterocycles. The Morgan fingerprint density at radius 2 is 2.44 bits per heavy atom. The van der Waals surface area contributed by atoms with E-state index in [0.29, 0.717) is 12.0 Å². The highest BCUT2D eigenvalue weighted by atomic mass is 16.5. The topological polar surface area (TPSA) is 66.4 Å². The molecule has 2 fully saturated rings. The molecule has 4 nitrogen and oxygen atoms in total. The molecule has 0 aromatic carbocycles. The third kappa shape index (κ3) is 1.16. The Morgan fingerprint density at radius 1 is 1.56 bits per heavy atom. The van der Waals surface area contributed by atoms with Crippen molar-refractivity contribution in [3.63, 3.8) is 0 Å². The summed E-state index contributed by atoms with van der Waals surface area (Å²) in [5.74, 6) is 0. The molecule has 84 valence electrons. The lowest BCUT2D eigenvalue weighted by Crippen LogP contribution is -2.37. The van der Waals surface area contributed by atoms with Crippen LogP contribution < -0.4 is 0 Å². The van der Waals surface area contributed by atoms with E-state index in [2.05, 4.69) is 6.07 Å². The van der Waals surface area contributed by atoms with Gasteiger partial charge in [0.15, 0.2) is 0 Å². The molecule has 0 spiro atoms. The molecule has 16 heavy (non-hydrogen) atoms. The molecule has 0 saturated carbocycles. The number of rotatable bonds is 2. The highest BCUT2D eigenvalue weighted by Gasteiger charge is 2.57. The molecule has 4 atom stereocenters. The average Bonchev–Trinajstić information content (AvgIpc) is 3.03. The van der Waals surface area contributed by atoms with Crippen molar-refractivity contribution in [1.29, 1.82) is 5.26 Å². The Kier molecular flexibility index (Phi) is 2.06. The van der Waals surface area contributed by atoms with Crippen LogP contribution in [0.15, 0.2) is 23.0 Å². The van der Waals surface area contributed by atoms with Gasteiger partial charge in [-0.1, -0.05) is 0 Å². The van der Waals surface area contributed by atoms with Gasteiger partial charge in [0.25, 0.3) is 0 Å². The van der Waals surface area contributed by atoms with E-state index < -0.39 is 11.5 Å². The Bertz CT molecular complexity index is 422. The number of nitrogens with zero attached hydrogens (tertiary/aromatic N) is 1. The van der Waals surface area contributed by atoms with E-state index in [0.717, 1.165) is 12.8 Å². The van der Waals surface area contributed by atoms with E-state index in [4.69, 9.17) is 9.15 Å². The van der Waals surface area contributed by atoms with Gasteiger partial charge in [0.2, 0.25) is 0 Å². The summed E-state index contributed by atoms with van der Waals surface area (Å²) >= 11 is 0. The Morgan fingerprint density at radius 3 is 2.94 bits per heavy atom. The number of aliphatic hydroxyl groups excluding tert-OH is 1. The largest absolute Gasteiger partial charge is 0.472 e. The minimum absolute atomic E-state index is 0.132. The molecule has 2 aliphatic rings. The van der Waals surface area contributed by atoms with Crippen LogP contribution in [0.5, 0.6) is 0 Å². The average molecular weight is 219 g/mol. The van der Waals surface area contributed by atoms with Crippen LogP contribution in [-0.2, 0) is 4.74 Å². The van der Waals surface area contributed by atoms with E-state index in [9.17, 15) is 10.4 Å². The molecule has 0 radical (unpaired) electrons. The first-order chi connectivity index (χ1) is 7.76. The fraction of sp³-hybridized carbons (Fsp3) is 0.583. The SMILES string of the molecule is N#CC1(C(O)c2ccoc2)CC2CCC1O2. The smallest absolute Gasteiger partial charge is 0.116 e. The quantitative estimate of drug-likeness (QED) is 0.823. The first-order valence-corrected chi connectivity index (χ1v) is 5.53. The number of hydrogen-bond donors (Lipinski definition) is 1. The third-order valence-electron chi connectivity index (χ3n) is 3.80. The summed E-state index contributed by atoms with van der Waals surface area (Å²) in [6.07, 6.45) is 4.71. The van der Waals surface area contributed by atoms with Crippen molar-refractivity contribution in [2.45, 2.75) is 37.6 Å². The summed E-state index contributed by atoms with van der Waals surface area (Å²) in [7, 11) is 0. The first-order valence-electron chi connectivity index (χ1n) is 5.53. The molecule has 2 aliphatic heterocycles. The van der Waals surface area contributed by atoms with Gasteiger partial charge >= 0.3 is 0 Å². The second-order valence-corrected chi connectivity index (χ2v) is 4.64. The minimum Gasteiger partial charge on any atom is -0.472 e. The summed E-state index contributed by atoms with van der Waals surface area (Å²) in [6, 6.07) is 3.98. The highest BCUT2D eigenvalue weighted by molar-refractivity contribution is 5.23. The number of ether oxygens (including phenoxy) is 1. The number of fused-ring (bicyclic) bond motifs is 2. The Labute approximate surface area is 93.4 Å². The molecule has 1 N–H and O–H groups in total. The Balaban J connectivity index is 1.95. The second-order valence-electron chi connectivity index (χ2n) is 4.64. The van der Waals surface area contributed by atoms with Crippen LogP contribution in [0.2, 0.25) is 0 Å². The van der Waals surface area contributed by atoms with Gasteiger partial charge in [0.1, 0.15) is 11.5 Å². The Hall–Kier alpha value is -1.31. The van der Waals surface area contributed by atoms with Crippen molar-refractivity contribution in [2.75, 3.05) is 0 Å². The summed E-state index contributed by atoms with van der Waals surface area (Å²) in [5, 5.41) is 19.7. The van der Waals surface area contributed by atoms with Crippen LogP contribution in [0.25, 0.3) is 0 Å². The lowest BCUT2D eigenvalue weighted by atomic mass is 9.69. The molecular formula is C12H13NO3. The molecule has 0 amide bonds. The zero-order valence-electron chi connectivity index (χ0n) is 8.80. The third-order valence-corrected chi connectivity index (χ3v) is 3.80. The molecule has 2 saturated heterocycles. The number of furan rings is 1. The van der Waals surface area contributed by atoms with Gasteiger partial charge in [-0.25, -0.2) is 0 Å². The minimum atomic E-state index is -0.813. The summed E-state index contributed by atoms with van der Waals surface area (Å²) in [4.78, 5) is 0. The second kappa shape index (κ2) is 3.34. The molecule has 1 aromatic heterocycles. The lowest BCUT2D eigenvalue weighted by Gasteiger charge is -2.32. The molecular weight excluding hydrogens is 206 g/mol. The maximum atomic E-state index is 10.3. The van der Waals surface area contributed by atoms with Gasteiger partial charge in [0.05, 0.1) is 30.8 Å². The maximum absolute atomic E-state index is 10.3. The predicted octanol–water partition coefficient (Wildman–Crippen LogP) is 1.77. The number of hydrogen-bond acceptors (Lipinski definition) is 4. The zero-order valence-corrected chi connectivity index (χ0v) is 8.80. The van der Waals surface area contributed by atoms with Crippen LogP contribution in [-0.4, -0.2) is 17.3 Å². The van der Waals surface area contributed by atoms with Crippen molar-refractivity contribution in [3.05, 3.63) is 24.2 Å². The zero-order chi connectivity index (χ0) is 11.2. The predicted molar refractivity (Wildman–Crippen MR) is 54.2 cm³/mol. The fourth-order valence-electron chi connectivity index (χ4n) is 2.94. The van der Waals surface area contributed by atoms with Crippen LogP contribution in [0.1, 0.15) is 30.9 Å². The molecule has 4 unspecified atom stereocenters. The van der Waals surface area contributed by atoms with Crippen LogP contribution >= 0.6 is 0 Å². The van der Waals surface area contributed by atoms with Gasteiger partial charge in [0, 0.05) is 5.56 Å². The summed E-state index contributed by atoms with van der Waals surface area (Å²) in [5.41, 5.74) is -0.120. The van der Waals surface area contributed by atoms with Crippen molar-refractivity contribution >= 4 is 0 Å². The number of aliphatic hydroxyl groups is 1. The van der Waals surface area contributed by atoms with E-state index in [1.54, 1.807) is 6.07 Å². The van der Waals surface area contributed by atoms with Crippen molar-refractivity contribution in [3.8, 4) is 6.07 Å². The molecule has 1 aromatic rings. The van der Waals surface area contributed by atoms with Gasteiger partial charge in [-0.3, -0.25) is 0 Å². The lowest BCUT2D eigenvalue weighted by molar-refractivity contribution is 0.00316. The highest BCUT2D eigenvalue weighted by Crippen LogP contribution is 2.53. The van der Waals surface area contributed by atoms with E-state index in [-0.39, 0.29) is 12.2 Å². The maximum Gasteiger partial charge on any atom is 0.116 e. The normalized spacial score (nSPS) is 38.5. The van der Waals surface area contributed by atoms with Gasteiger partial charge in [-0.2, -0.15) is 5.26 Å².